The molecule has 1 aromatic carbocycles. The van der Waals surface area contributed by atoms with Crippen molar-refractivity contribution in [2.45, 2.75) is 27.3 Å². The van der Waals surface area contributed by atoms with E-state index < -0.39 is 0 Å². The van der Waals surface area contributed by atoms with Crippen LogP contribution in [0.5, 0.6) is 11.5 Å². The Kier molecular flexibility index (Phi) is 3.30. The van der Waals surface area contributed by atoms with Crippen LogP contribution in [0, 0.1) is 5.41 Å². The molecule has 1 heterocycles. The van der Waals surface area contributed by atoms with Gasteiger partial charge in [-0.05, 0) is 5.41 Å². The summed E-state index contributed by atoms with van der Waals surface area (Å²) in [6, 6.07) is 3.77. The molecule has 104 valence electrons. The number of imidazole rings is 1. The Labute approximate surface area is 113 Å². The summed E-state index contributed by atoms with van der Waals surface area (Å²) in [4.78, 5) is 4.39. The lowest BCUT2D eigenvalue weighted by molar-refractivity contribution is 0.348. The highest BCUT2D eigenvalue weighted by Crippen LogP contribution is 2.34. The minimum atomic E-state index is 0.120. The number of hydrogen-bond donors (Lipinski definition) is 1. The fourth-order valence-electron chi connectivity index (χ4n) is 2.11. The fraction of sp³-hybridized carbons (Fsp3) is 0.500. The van der Waals surface area contributed by atoms with E-state index in [9.17, 15) is 0 Å². The number of anilines is 1. The maximum Gasteiger partial charge on any atom is 0.201 e. The highest BCUT2D eigenvalue weighted by molar-refractivity contribution is 5.82. The zero-order chi connectivity index (χ0) is 14.2. The molecular formula is C14H21N3O2. The monoisotopic (exact) mass is 263 g/mol. The van der Waals surface area contributed by atoms with Crippen molar-refractivity contribution >= 4 is 17.0 Å². The highest BCUT2D eigenvalue weighted by Gasteiger charge is 2.18. The van der Waals surface area contributed by atoms with Gasteiger partial charge in [0.15, 0.2) is 11.5 Å². The molecule has 0 aliphatic rings. The second-order valence-corrected chi connectivity index (χ2v) is 5.81. The number of methoxy groups -OCH3 is 2. The molecule has 0 spiro atoms. The van der Waals surface area contributed by atoms with Crippen LogP contribution in [0.2, 0.25) is 0 Å². The number of nitrogen functional groups attached to an aromatic ring is 1. The Hall–Kier alpha value is -1.91. The molecule has 0 saturated carbocycles. The van der Waals surface area contributed by atoms with Gasteiger partial charge in [-0.3, -0.25) is 0 Å². The third kappa shape index (κ3) is 2.59. The molecule has 5 nitrogen and oxygen atoms in total. The molecule has 0 aliphatic heterocycles. The number of fused-ring (bicyclic) bond motifs is 1. The predicted octanol–water partition coefficient (Wildman–Crippen LogP) is 2.68. The van der Waals surface area contributed by atoms with Gasteiger partial charge < -0.3 is 19.8 Å². The van der Waals surface area contributed by atoms with E-state index in [0.29, 0.717) is 17.4 Å². The van der Waals surface area contributed by atoms with Crippen LogP contribution in [0.15, 0.2) is 12.1 Å². The van der Waals surface area contributed by atoms with Crippen molar-refractivity contribution in [3.05, 3.63) is 12.1 Å². The zero-order valence-electron chi connectivity index (χ0n) is 12.2. The summed E-state index contributed by atoms with van der Waals surface area (Å²) in [6.45, 7) is 7.29. The topological polar surface area (TPSA) is 62.3 Å². The SMILES string of the molecule is COc1cc2nc(N)n(CC(C)(C)C)c2cc1OC. The van der Waals surface area contributed by atoms with Crippen LogP contribution in [0.1, 0.15) is 20.8 Å². The van der Waals surface area contributed by atoms with Gasteiger partial charge in [0.1, 0.15) is 0 Å². The second kappa shape index (κ2) is 4.64. The number of rotatable bonds is 3. The molecule has 0 bridgehead atoms. The first-order chi connectivity index (χ1) is 8.85. The Morgan fingerprint density at radius 2 is 1.74 bits per heavy atom. The first-order valence-electron chi connectivity index (χ1n) is 6.23. The van der Waals surface area contributed by atoms with E-state index in [2.05, 4.69) is 25.8 Å². The van der Waals surface area contributed by atoms with Crippen LogP contribution >= 0.6 is 0 Å². The minimum absolute atomic E-state index is 0.120. The minimum Gasteiger partial charge on any atom is -0.493 e. The summed E-state index contributed by atoms with van der Waals surface area (Å²) in [7, 11) is 3.23. The Balaban J connectivity index is 2.62. The lowest BCUT2D eigenvalue weighted by Crippen LogP contribution is -2.17. The molecule has 2 N–H and O–H groups in total. The third-order valence-electron chi connectivity index (χ3n) is 2.92. The van der Waals surface area contributed by atoms with Crippen LogP contribution in [0.4, 0.5) is 5.95 Å². The van der Waals surface area contributed by atoms with Crippen molar-refractivity contribution in [3.8, 4) is 11.5 Å². The van der Waals surface area contributed by atoms with Crippen molar-refractivity contribution in [2.24, 2.45) is 5.41 Å². The van der Waals surface area contributed by atoms with Gasteiger partial charge in [0, 0.05) is 18.7 Å². The van der Waals surface area contributed by atoms with Crippen LogP contribution in [-0.4, -0.2) is 23.8 Å². The van der Waals surface area contributed by atoms with E-state index >= 15 is 0 Å². The zero-order valence-corrected chi connectivity index (χ0v) is 12.2. The average Bonchev–Trinajstić information content (AvgIpc) is 2.62. The number of hydrogen-bond acceptors (Lipinski definition) is 4. The van der Waals surface area contributed by atoms with Crippen molar-refractivity contribution in [3.63, 3.8) is 0 Å². The largest absolute Gasteiger partial charge is 0.493 e. The molecule has 19 heavy (non-hydrogen) atoms. The molecule has 0 saturated heterocycles. The molecule has 0 radical (unpaired) electrons. The second-order valence-electron chi connectivity index (χ2n) is 5.81. The fourth-order valence-corrected chi connectivity index (χ4v) is 2.11. The van der Waals surface area contributed by atoms with E-state index in [1.165, 1.54) is 0 Å². The molecule has 0 fully saturated rings. The maximum atomic E-state index is 6.01. The summed E-state index contributed by atoms with van der Waals surface area (Å²) in [5.41, 5.74) is 7.92. The normalized spacial score (nSPS) is 11.8. The lowest BCUT2D eigenvalue weighted by atomic mass is 9.97. The molecule has 1 aromatic heterocycles. The Bertz CT molecular complexity index is 597. The number of ether oxygens (including phenoxy) is 2. The van der Waals surface area contributed by atoms with Gasteiger partial charge in [0.2, 0.25) is 5.95 Å². The van der Waals surface area contributed by atoms with Gasteiger partial charge in [0.25, 0.3) is 0 Å². The maximum absolute atomic E-state index is 6.01. The lowest BCUT2D eigenvalue weighted by Gasteiger charge is -2.20. The number of aromatic nitrogens is 2. The Morgan fingerprint density at radius 3 is 2.26 bits per heavy atom. The van der Waals surface area contributed by atoms with Gasteiger partial charge in [-0.15, -0.1) is 0 Å². The summed E-state index contributed by atoms with van der Waals surface area (Å²) in [5, 5.41) is 0. The van der Waals surface area contributed by atoms with Crippen LogP contribution in [0.25, 0.3) is 11.0 Å². The van der Waals surface area contributed by atoms with Crippen molar-refractivity contribution in [1.29, 1.82) is 0 Å². The summed E-state index contributed by atoms with van der Waals surface area (Å²) in [6.07, 6.45) is 0. The van der Waals surface area contributed by atoms with Crippen molar-refractivity contribution in [1.82, 2.24) is 9.55 Å². The van der Waals surface area contributed by atoms with Crippen molar-refractivity contribution < 1.29 is 9.47 Å². The van der Waals surface area contributed by atoms with Gasteiger partial charge in [-0.2, -0.15) is 0 Å². The summed E-state index contributed by atoms with van der Waals surface area (Å²) < 4.78 is 12.6. The van der Waals surface area contributed by atoms with E-state index in [1.54, 1.807) is 14.2 Å². The summed E-state index contributed by atoms with van der Waals surface area (Å²) >= 11 is 0. The molecular weight excluding hydrogens is 242 g/mol. The molecule has 0 aliphatic carbocycles. The average molecular weight is 263 g/mol. The molecule has 0 unspecified atom stereocenters. The van der Waals surface area contributed by atoms with Crippen LogP contribution in [0.3, 0.4) is 0 Å². The van der Waals surface area contributed by atoms with E-state index in [4.69, 9.17) is 15.2 Å². The highest BCUT2D eigenvalue weighted by atomic mass is 16.5. The molecule has 2 aromatic rings. The van der Waals surface area contributed by atoms with Crippen LogP contribution in [-0.2, 0) is 6.54 Å². The smallest absolute Gasteiger partial charge is 0.201 e. The summed E-state index contributed by atoms with van der Waals surface area (Å²) in [5.74, 6) is 1.86. The van der Waals surface area contributed by atoms with Gasteiger partial charge in [-0.1, -0.05) is 20.8 Å². The number of nitrogens with two attached hydrogens (primary N) is 1. The van der Waals surface area contributed by atoms with E-state index in [0.717, 1.165) is 17.6 Å². The molecule has 0 amide bonds. The first kappa shape index (κ1) is 13.5. The first-order valence-corrected chi connectivity index (χ1v) is 6.23. The predicted molar refractivity (Wildman–Crippen MR) is 76.7 cm³/mol. The van der Waals surface area contributed by atoms with Gasteiger partial charge >= 0.3 is 0 Å². The van der Waals surface area contributed by atoms with Crippen molar-refractivity contribution in [2.75, 3.05) is 20.0 Å². The van der Waals surface area contributed by atoms with Gasteiger partial charge in [0.05, 0.1) is 25.3 Å². The van der Waals surface area contributed by atoms with E-state index in [1.807, 2.05) is 16.7 Å². The van der Waals surface area contributed by atoms with Gasteiger partial charge in [-0.25, -0.2) is 4.98 Å². The molecule has 5 heteroatoms. The number of benzene rings is 1. The van der Waals surface area contributed by atoms with E-state index in [-0.39, 0.29) is 5.41 Å². The quantitative estimate of drug-likeness (QED) is 0.924. The third-order valence-corrected chi connectivity index (χ3v) is 2.92. The molecule has 0 atom stereocenters. The Morgan fingerprint density at radius 1 is 1.16 bits per heavy atom. The number of nitrogens with zero attached hydrogens (tertiary/aromatic N) is 2. The molecule has 2 rings (SSSR count). The van der Waals surface area contributed by atoms with Crippen LogP contribution < -0.4 is 15.2 Å². The standard InChI is InChI=1S/C14H21N3O2/c1-14(2,3)8-17-10-7-12(19-5)11(18-4)6-9(10)16-13(17)15/h6-7H,8H2,1-5H3,(H2,15,16).